The van der Waals surface area contributed by atoms with Crippen molar-refractivity contribution >= 4 is 11.9 Å². The second-order valence-corrected chi connectivity index (χ2v) is 2.66. The van der Waals surface area contributed by atoms with Crippen LogP contribution < -0.4 is 16.2 Å². The number of carbonyl (C=O) groups is 2. The Kier molecular flexibility index (Phi) is 1.37. The maximum atomic E-state index is 10.9. The van der Waals surface area contributed by atoms with Crippen LogP contribution >= 0.6 is 0 Å². The van der Waals surface area contributed by atoms with Crippen LogP contribution in [0.3, 0.4) is 0 Å². The zero-order chi connectivity index (χ0) is 7.78. The van der Waals surface area contributed by atoms with E-state index in [-0.39, 0.29) is 5.91 Å². The Bertz CT molecular complexity index is 187. The Morgan fingerprint density at radius 3 is 2.30 bits per heavy atom. The van der Waals surface area contributed by atoms with E-state index in [1.807, 2.05) is 0 Å². The molecule has 5 nitrogen and oxygen atoms in total. The van der Waals surface area contributed by atoms with E-state index in [0.29, 0.717) is 0 Å². The summed E-state index contributed by atoms with van der Waals surface area (Å²) < 4.78 is 0. The molecule has 3 N–H and O–H groups in total. The maximum absolute atomic E-state index is 10.9. The highest BCUT2D eigenvalue weighted by Gasteiger charge is 2.32. The van der Waals surface area contributed by atoms with Crippen LogP contribution in [0.5, 0.6) is 0 Å². The van der Waals surface area contributed by atoms with Crippen LogP contribution in [0.15, 0.2) is 0 Å². The predicted molar refractivity (Wildman–Crippen MR) is 33.9 cm³/mol. The van der Waals surface area contributed by atoms with Gasteiger partial charge in [-0.15, -0.1) is 0 Å². The molecule has 0 aliphatic carbocycles. The molecule has 1 aliphatic heterocycles. The molecule has 0 unspecified atom stereocenters. The Hall–Kier alpha value is -1.10. The first kappa shape index (κ1) is 7.01. The van der Waals surface area contributed by atoms with Crippen molar-refractivity contribution in [3.8, 4) is 0 Å². The number of nitrogens with one attached hydrogen (secondary N) is 3. The van der Waals surface area contributed by atoms with Crippen molar-refractivity contribution < 1.29 is 9.59 Å². The van der Waals surface area contributed by atoms with Crippen LogP contribution in [0.2, 0.25) is 0 Å². The molecule has 0 aromatic carbocycles. The van der Waals surface area contributed by atoms with Crippen molar-refractivity contribution in [1.29, 1.82) is 0 Å². The van der Waals surface area contributed by atoms with E-state index in [0.717, 1.165) is 0 Å². The number of amides is 3. The minimum atomic E-state index is -0.714. The molecule has 0 aromatic rings. The molecule has 10 heavy (non-hydrogen) atoms. The second-order valence-electron chi connectivity index (χ2n) is 2.66. The Morgan fingerprint density at radius 2 is 1.90 bits per heavy atom. The Balaban J connectivity index is 2.70. The van der Waals surface area contributed by atoms with Gasteiger partial charge in [-0.2, -0.15) is 0 Å². The molecule has 1 rings (SSSR count). The first-order valence-electron chi connectivity index (χ1n) is 2.91. The zero-order valence-electron chi connectivity index (χ0n) is 5.82. The van der Waals surface area contributed by atoms with Gasteiger partial charge in [0.2, 0.25) is 5.91 Å². The van der Waals surface area contributed by atoms with Gasteiger partial charge in [-0.1, -0.05) is 0 Å². The second kappa shape index (κ2) is 1.95. The van der Waals surface area contributed by atoms with Crippen LogP contribution in [-0.2, 0) is 4.79 Å². The van der Waals surface area contributed by atoms with Gasteiger partial charge in [0.25, 0.3) is 0 Å². The zero-order valence-corrected chi connectivity index (χ0v) is 5.82. The van der Waals surface area contributed by atoms with Gasteiger partial charge in [-0.3, -0.25) is 15.5 Å². The molecule has 0 radical (unpaired) electrons. The fraction of sp³-hybridized carbons (Fsp3) is 0.600. The average molecular weight is 143 g/mol. The largest absolute Gasteiger partial charge is 0.335 e. The van der Waals surface area contributed by atoms with Gasteiger partial charge in [-0.25, -0.2) is 10.2 Å². The monoisotopic (exact) mass is 143 g/mol. The predicted octanol–water partition coefficient (Wildman–Crippen LogP) is -0.891. The number of hydrogen-bond donors (Lipinski definition) is 3. The normalized spacial score (nSPS) is 23.4. The fourth-order valence-electron chi connectivity index (χ4n) is 0.560. The van der Waals surface area contributed by atoms with Crippen molar-refractivity contribution in [3.05, 3.63) is 0 Å². The van der Waals surface area contributed by atoms with Crippen LogP contribution in [-0.4, -0.2) is 17.5 Å². The molecule has 0 aromatic heterocycles. The summed E-state index contributed by atoms with van der Waals surface area (Å²) >= 11 is 0. The van der Waals surface area contributed by atoms with Crippen LogP contribution in [0, 0.1) is 0 Å². The molecule has 0 atom stereocenters. The summed E-state index contributed by atoms with van der Waals surface area (Å²) in [4.78, 5) is 21.3. The lowest BCUT2D eigenvalue weighted by Gasteiger charge is -2.29. The van der Waals surface area contributed by atoms with Gasteiger partial charge in [0.05, 0.1) is 0 Å². The van der Waals surface area contributed by atoms with E-state index in [1.165, 1.54) is 0 Å². The molecule has 0 spiro atoms. The average Bonchev–Trinajstić information content (AvgIpc) is 1.81. The van der Waals surface area contributed by atoms with Gasteiger partial charge < -0.3 is 0 Å². The van der Waals surface area contributed by atoms with Gasteiger partial charge in [0.15, 0.2) is 0 Å². The molecule has 1 fully saturated rings. The summed E-state index contributed by atoms with van der Waals surface area (Å²) in [5.41, 5.74) is 4.11. The lowest BCUT2D eigenvalue weighted by molar-refractivity contribution is -0.126. The number of rotatable bonds is 0. The molecule has 3 amide bonds. The van der Waals surface area contributed by atoms with Crippen molar-refractivity contribution in [2.24, 2.45) is 0 Å². The lowest BCUT2D eigenvalue weighted by atomic mass is 10.1. The third kappa shape index (κ3) is 1.08. The fourth-order valence-corrected chi connectivity index (χ4v) is 0.560. The number of imide groups is 1. The Morgan fingerprint density at radius 1 is 1.30 bits per heavy atom. The highest BCUT2D eigenvalue weighted by atomic mass is 16.2. The molecule has 1 aliphatic rings. The minimum absolute atomic E-state index is 0.323. The number of carbonyl (C=O) groups excluding carboxylic acids is 2. The SMILES string of the molecule is CC1(C)NNC(=O)NC1=O. The van der Waals surface area contributed by atoms with Crippen LogP contribution in [0.4, 0.5) is 4.79 Å². The topological polar surface area (TPSA) is 70.2 Å². The van der Waals surface area contributed by atoms with Crippen molar-refractivity contribution in [3.63, 3.8) is 0 Å². The van der Waals surface area contributed by atoms with Gasteiger partial charge in [0.1, 0.15) is 5.54 Å². The van der Waals surface area contributed by atoms with E-state index >= 15 is 0 Å². The molecule has 5 heteroatoms. The van der Waals surface area contributed by atoms with Gasteiger partial charge >= 0.3 is 6.03 Å². The van der Waals surface area contributed by atoms with Crippen LogP contribution in [0.25, 0.3) is 0 Å². The van der Waals surface area contributed by atoms with E-state index in [9.17, 15) is 9.59 Å². The van der Waals surface area contributed by atoms with Crippen molar-refractivity contribution in [1.82, 2.24) is 16.2 Å². The quantitative estimate of drug-likeness (QED) is 0.412. The molecule has 0 saturated carbocycles. The van der Waals surface area contributed by atoms with Gasteiger partial charge in [-0.05, 0) is 13.8 Å². The lowest BCUT2D eigenvalue weighted by Crippen LogP contribution is -2.67. The molecule has 1 saturated heterocycles. The standard InChI is InChI=1S/C5H9N3O2/c1-5(2)3(9)6-4(10)7-8-5/h8H,1-2H3,(H2,6,7,9,10). The first-order chi connectivity index (χ1) is 4.52. The van der Waals surface area contributed by atoms with E-state index < -0.39 is 11.6 Å². The van der Waals surface area contributed by atoms with Crippen LogP contribution in [0.1, 0.15) is 13.8 Å². The van der Waals surface area contributed by atoms with E-state index in [1.54, 1.807) is 13.8 Å². The van der Waals surface area contributed by atoms with E-state index in [4.69, 9.17) is 0 Å². The number of hydrazine groups is 1. The third-order valence-electron chi connectivity index (χ3n) is 1.28. The molecule has 56 valence electrons. The third-order valence-corrected chi connectivity index (χ3v) is 1.28. The summed E-state index contributed by atoms with van der Waals surface area (Å²) in [6.45, 7) is 3.34. The Labute approximate surface area is 58.1 Å². The summed E-state index contributed by atoms with van der Waals surface area (Å²) in [7, 11) is 0. The number of hydrogen-bond acceptors (Lipinski definition) is 3. The summed E-state index contributed by atoms with van der Waals surface area (Å²) in [6.07, 6.45) is 0. The van der Waals surface area contributed by atoms with E-state index in [2.05, 4.69) is 16.2 Å². The van der Waals surface area contributed by atoms with Gasteiger partial charge in [0, 0.05) is 0 Å². The molecular weight excluding hydrogens is 134 g/mol. The molecular formula is C5H9N3O2. The maximum Gasteiger partial charge on any atom is 0.335 e. The van der Waals surface area contributed by atoms with Crippen molar-refractivity contribution in [2.45, 2.75) is 19.4 Å². The highest BCUT2D eigenvalue weighted by Crippen LogP contribution is 2.02. The summed E-state index contributed by atoms with van der Waals surface area (Å²) in [6, 6.07) is -0.510. The first-order valence-corrected chi connectivity index (χ1v) is 2.91. The highest BCUT2D eigenvalue weighted by molar-refractivity contribution is 6.00. The van der Waals surface area contributed by atoms with Crippen molar-refractivity contribution in [2.75, 3.05) is 0 Å². The molecule has 0 bridgehead atoms. The number of urea groups is 1. The summed E-state index contributed by atoms with van der Waals surface area (Å²) in [5.74, 6) is -0.323. The summed E-state index contributed by atoms with van der Waals surface area (Å²) in [5, 5.41) is 2.12. The smallest absolute Gasteiger partial charge is 0.275 e. The molecule has 1 heterocycles. The minimum Gasteiger partial charge on any atom is -0.275 e.